The predicted molar refractivity (Wildman–Crippen MR) is 153 cm³/mol. The Balaban J connectivity index is 1.53. The highest BCUT2D eigenvalue weighted by Crippen LogP contribution is 2.35. The lowest BCUT2D eigenvalue weighted by Gasteiger charge is -2.22. The Morgan fingerprint density at radius 1 is 1.13 bits per heavy atom. The van der Waals surface area contributed by atoms with E-state index in [4.69, 9.17) is 19.6 Å². The number of fused-ring (bicyclic) bond motifs is 1. The molecule has 1 aliphatic carbocycles. The summed E-state index contributed by atoms with van der Waals surface area (Å²) in [5.41, 5.74) is 2.08. The van der Waals surface area contributed by atoms with Crippen LogP contribution in [-0.2, 0) is 6.61 Å². The summed E-state index contributed by atoms with van der Waals surface area (Å²) in [5, 5.41) is 14.3. The van der Waals surface area contributed by atoms with E-state index >= 15 is 0 Å². The molecule has 0 unspecified atom stereocenters. The third-order valence-electron chi connectivity index (χ3n) is 6.91. The van der Waals surface area contributed by atoms with Crippen LogP contribution in [0.3, 0.4) is 0 Å². The van der Waals surface area contributed by atoms with Crippen molar-refractivity contribution in [1.29, 1.82) is 0 Å². The van der Waals surface area contributed by atoms with Crippen molar-refractivity contribution in [3.8, 4) is 11.5 Å². The molecule has 0 radical (unpaired) electrons. The van der Waals surface area contributed by atoms with E-state index in [1.807, 2.05) is 24.3 Å². The minimum atomic E-state index is -0.985. The maximum absolute atomic E-state index is 13.6. The van der Waals surface area contributed by atoms with Gasteiger partial charge >= 0.3 is 5.97 Å². The van der Waals surface area contributed by atoms with Gasteiger partial charge in [-0.25, -0.2) is 9.78 Å². The number of halogens is 1. The summed E-state index contributed by atoms with van der Waals surface area (Å²) < 4.78 is 13.9. The fourth-order valence-electron chi connectivity index (χ4n) is 4.89. The minimum absolute atomic E-state index is 0.162. The molecule has 0 amide bonds. The first-order valence-corrected chi connectivity index (χ1v) is 13.6. The van der Waals surface area contributed by atoms with Crippen LogP contribution in [-0.4, -0.2) is 34.1 Å². The maximum Gasteiger partial charge on any atom is 0.335 e. The zero-order valence-corrected chi connectivity index (χ0v) is 23.1. The summed E-state index contributed by atoms with van der Waals surface area (Å²) in [5.74, 6) is 0.797. The topological polar surface area (TPSA) is 103 Å². The molecule has 39 heavy (non-hydrogen) atoms. The lowest BCUT2D eigenvalue weighted by Crippen LogP contribution is -2.25. The monoisotopic (exact) mass is 589 g/mol. The number of aromatic carboxylic acids is 1. The first kappa shape index (κ1) is 26.6. The number of methoxy groups -OCH3 is 1. The Bertz CT molecular complexity index is 1590. The van der Waals surface area contributed by atoms with Crippen LogP contribution in [0.4, 0.5) is 0 Å². The Hall–Kier alpha value is -3.98. The minimum Gasteiger partial charge on any atom is -0.493 e. The van der Waals surface area contributed by atoms with Crippen molar-refractivity contribution in [1.82, 2.24) is 9.66 Å². The summed E-state index contributed by atoms with van der Waals surface area (Å²) in [6.07, 6.45) is 6.94. The lowest BCUT2D eigenvalue weighted by atomic mass is 9.88. The van der Waals surface area contributed by atoms with Gasteiger partial charge < -0.3 is 14.6 Å². The molecular formula is C30H28BrN3O5. The van der Waals surface area contributed by atoms with E-state index in [0.29, 0.717) is 33.8 Å². The van der Waals surface area contributed by atoms with Gasteiger partial charge in [0.25, 0.3) is 5.56 Å². The molecule has 9 heteroatoms. The summed E-state index contributed by atoms with van der Waals surface area (Å²) >= 11 is 3.52. The van der Waals surface area contributed by atoms with Gasteiger partial charge in [-0.1, -0.05) is 59.5 Å². The molecule has 1 heterocycles. The molecular weight excluding hydrogens is 562 g/mol. The number of carboxylic acids is 1. The number of aromatic nitrogens is 2. The number of benzene rings is 3. The van der Waals surface area contributed by atoms with Gasteiger partial charge in [0.1, 0.15) is 12.4 Å². The first-order chi connectivity index (χ1) is 18.9. The number of para-hydroxylation sites is 1. The molecule has 8 nitrogen and oxygen atoms in total. The average molecular weight is 590 g/mol. The van der Waals surface area contributed by atoms with Crippen molar-refractivity contribution >= 4 is 39.0 Å². The van der Waals surface area contributed by atoms with E-state index in [9.17, 15) is 9.59 Å². The average Bonchev–Trinajstić information content (AvgIpc) is 2.96. The van der Waals surface area contributed by atoms with E-state index in [2.05, 4.69) is 21.0 Å². The van der Waals surface area contributed by atoms with Gasteiger partial charge in [0, 0.05) is 16.0 Å². The molecule has 0 bridgehead atoms. The van der Waals surface area contributed by atoms with Crippen molar-refractivity contribution in [2.45, 2.75) is 44.6 Å². The fourth-order valence-corrected chi connectivity index (χ4v) is 5.34. The molecule has 1 fully saturated rings. The van der Waals surface area contributed by atoms with E-state index in [1.165, 1.54) is 23.2 Å². The highest BCUT2D eigenvalue weighted by Gasteiger charge is 2.22. The van der Waals surface area contributed by atoms with Crippen LogP contribution in [0.15, 0.2) is 75.0 Å². The number of hydrogen-bond acceptors (Lipinski definition) is 6. The standard InChI is InChI=1S/C30H28BrN3O5/c1-38-26-16-23(31)15-22(27(26)39-18-19-11-13-21(14-12-19)30(36)37)17-32-34-28(20-7-3-2-4-8-20)33-25-10-6-5-9-24(25)29(34)35/h5-6,9-17,20H,2-4,7-8,18H2,1H3,(H,36,37). The summed E-state index contributed by atoms with van der Waals surface area (Å²) in [4.78, 5) is 29.6. The number of hydrogen-bond donors (Lipinski definition) is 1. The van der Waals surface area contributed by atoms with Gasteiger partial charge in [-0.05, 0) is 54.8 Å². The fraction of sp³-hybridized carbons (Fsp3) is 0.267. The number of carboxylic acid groups (broad SMARTS) is 1. The van der Waals surface area contributed by atoms with Crippen LogP contribution in [0.5, 0.6) is 11.5 Å². The van der Waals surface area contributed by atoms with Crippen LogP contribution < -0.4 is 15.0 Å². The summed E-state index contributed by atoms with van der Waals surface area (Å²) in [7, 11) is 1.55. The van der Waals surface area contributed by atoms with Crippen molar-refractivity contribution in [2.75, 3.05) is 7.11 Å². The molecule has 0 atom stereocenters. The SMILES string of the molecule is COc1cc(Br)cc(C=Nn2c(C3CCCCC3)nc3ccccc3c2=O)c1OCc1ccc(C(=O)O)cc1. The van der Waals surface area contributed by atoms with E-state index in [-0.39, 0.29) is 23.6 Å². The van der Waals surface area contributed by atoms with Crippen LogP contribution >= 0.6 is 15.9 Å². The Morgan fingerprint density at radius 3 is 2.59 bits per heavy atom. The van der Waals surface area contributed by atoms with Gasteiger partial charge in [0.05, 0.1) is 29.8 Å². The van der Waals surface area contributed by atoms with Crippen LogP contribution in [0, 0.1) is 0 Å². The second-order valence-electron chi connectivity index (χ2n) is 9.50. The van der Waals surface area contributed by atoms with Crippen molar-refractivity contribution < 1.29 is 19.4 Å². The van der Waals surface area contributed by atoms with Gasteiger partial charge in [-0.15, -0.1) is 0 Å². The van der Waals surface area contributed by atoms with Crippen LogP contribution in [0.1, 0.15) is 65.3 Å². The molecule has 0 aliphatic heterocycles. The summed E-state index contributed by atoms with van der Waals surface area (Å²) in [6, 6.07) is 17.5. The van der Waals surface area contributed by atoms with Gasteiger partial charge in [0.2, 0.25) is 0 Å². The van der Waals surface area contributed by atoms with Gasteiger partial charge in [-0.2, -0.15) is 9.78 Å². The molecule has 4 aromatic rings. The Labute approximate surface area is 234 Å². The Kier molecular flexibility index (Phi) is 8.07. The third-order valence-corrected chi connectivity index (χ3v) is 7.37. The summed E-state index contributed by atoms with van der Waals surface area (Å²) in [6.45, 7) is 0.184. The van der Waals surface area contributed by atoms with E-state index in [1.54, 1.807) is 37.6 Å². The smallest absolute Gasteiger partial charge is 0.335 e. The highest BCUT2D eigenvalue weighted by atomic mass is 79.9. The normalized spacial score (nSPS) is 14.1. The molecule has 3 aromatic carbocycles. The Morgan fingerprint density at radius 2 is 1.87 bits per heavy atom. The largest absolute Gasteiger partial charge is 0.493 e. The molecule has 1 saturated carbocycles. The zero-order valence-electron chi connectivity index (χ0n) is 21.5. The molecule has 0 spiro atoms. The molecule has 1 aromatic heterocycles. The van der Waals surface area contributed by atoms with E-state index < -0.39 is 5.97 Å². The molecule has 200 valence electrons. The molecule has 0 saturated heterocycles. The number of carbonyl (C=O) groups is 1. The van der Waals surface area contributed by atoms with Crippen molar-refractivity contribution in [2.24, 2.45) is 5.10 Å². The number of rotatable bonds is 8. The number of nitrogens with zero attached hydrogens (tertiary/aromatic N) is 3. The van der Waals surface area contributed by atoms with Gasteiger partial charge in [-0.3, -0.25) is 4.79 Å². The maximum atomic E-state index is 13.6. The third kappa shape index (κ3) is 5.88. The van der Waals surface area contributed by atoms with E-state index in [0.717, 1.165) is 35.7 Å². The quantitative estimate of drug-likeness (QED) is 0.239. The molecule has 1 N–H and O–H groups in total. The van der Waals surface area contributed by atoms with Crippen LogP contribution in [0.2, 0.25) is 0 Å². The second kappa shape index (κ2) is 11.8. The predicted octanol–water partition coefficient (Wildman–Crippen LogP) is 6.37. The second-order valence-corrected chi connectivity index (χ2v) is 10.4. The molecule has 1 aliphatic rings. The van der Waals surface area contributed by atoms with Crippen LogP contribution in [0.25, 0.3) is 10.9 Å². The highest BCUT2D eigenvalue weighted by molar-refractivity contribution is 9.10. The molecule has 5 rings (SSSR count). The zero-order chi connectivity index (χ0) is 27.4. The number of ether oxygens (including phenoxy) is 2. The van der Waals surface area contributed by atoms with Crippen molar-refractivity contribution in [3.05, 3.63) is 98.0 Å². The van der Waals surface area contributed by atoms with Crippen molar-refractivity contribution in [3.63, 3.8) is 0 Å². The lowest BCUT2D eigenvalue weighted by molar-refractivity contribution is 0.0697. The van der Waals surface area contributed by atoms with Gasteiger partial charge in [0.15, 0.2) is 11.5 Å². The first-order valence-electron chi connectivity index (χ1n) is 12.8.